The molecule has 1 rings (SSSR count). The van der Waals surface area contributed by atoms with Gasteiger partial charge in [0.1, 0.15) is 0 Å². The van der Waals surface area contributed by atoms with Gasteiger partial charge >= 0.3 is 0 Å². The number of hydrogen-bond donors (Lipinski definition) is 1. The molecule has 0 saturated carbocycles. The van der Waals surface area contributed by atoms with Crippen molar-refractivity contribution < 1.29 is 0 Å². The monoisotopic (exact) mass is 192 g/mol. The van der Waals surface area contributed by atoms with Gasteiger partial charge in [0.2, 0.25) is 0 Å². The lowest BCUT2D eigenvalue weighted by atomic mass is 10.3. The van der Waals surface area contributed by atoms with E-state index in [-0.39, 0.29) is 0 Å². The quantitative estimate of drug-likeness (QED) is 0.570. The van der Waals surface area contributed by atoms with Gasteiger partial charge in [-0.25, -0.2) is 0 Å². The van der Waals surface area contributed by atoms with Crippen LogP contribution in [0.15, 0.2) is 29.5 Å². The maximum atomic E-state index is 5.73. The van der Waals surface area contributed by atoms with Crippen molar-refractivity contribution in [2.75, 3.05) is 13.6 Å². The van der Waals surface area contributed by atoms with Gasteiger partial charge in [0.25, 0.3) is 0 Å². The van der Waals surface area contributed by atoms with Crippen molar-refractivity contribution in [3.63, 3.8) is 0 Å². The van der Waals surface area contributed by atoms with Crippen LogP contribution < -0.4 is 5.73 Å². The summed E-state index contributed by atoms with van der Waals surface area (Å²) >= 11 is 0. The summed E-state index contributed by atoms with van der Waals surface area (Å²) < 4.78 is 0. The van der Waals surface area contributed by atoms with Gasteiger partial charge in [-0.05, 0) is 18.6 Å². The summed E-state index contributed by atoms with van der Waals surface area (Å²) in [6.07, 6.45) is 3.59. The average Bonchev–Trinajstić information content (AvgIpc) is 2.19. The molecule has 4 nitrogen and oxygen atoms in total. The van der Waals surface area contributed by atoms with Crippen molar-refractivity contribution in [2.45, 2.75) is 13.5 Å². The second-order valence-corrected chi connectivity index (χ2v) is 3.05. The Hall–Kier alpha value is -1.58. The molecule has 0 unspecified atom stereocenters. The van der Waals surface area contributed by atoms with E-state index in [1.54, 1.807) is 6.20 Å². The highest BCUT2D eigenvalue weighted by atomic mass is 15.2. The highest BCUT2D eigenvalue weighted by Crippen LogP contribution is 1.99. The summed E-state index contributed by atoms with van der Waals surface area (Å²) in [6.45, 7) is 3.41. The largest absolute Gasteiger partial charge is 0.370 e. The third-order valence-corrected chi connectivity index (χ3v) is 1.85. The van der Waals surface area contributed by atoms with Gasteiger partial charge in [-0.15, -0.1) is 0 Å². The summed E-state index contributed by atoms with van der Waals surface area (Å²) in [6, 6.07) is 3.93. The molecule has 0 aliphatic heterocycles. The molecule has 0 aromatic carbocycles. The first-order chi connectivity index (χ1) is 6.74. The predicted octanol–water partition coefficient (Wildman–Crippen LogP) is 0.848. The molecule has 76 valence electrons. The number of rotatable bonds is 3. The van der Waals surface area contributed by atoms with E-state index in [0.29, 0.717) is 12.5 Å². The van der Waals surface area contributed by atoms with Gasteiger partial charge in [-0.2, -0.15) is 0 Å². The fourth-order valence-electron chi connectivity index (χ4n) is 1.13. The second-order valence-electron chi connectivity index (χ2n) is 3.05. The topological polar surface area (TPSA) is 54.5 Å². The molecule has 4 heteroatoms. The minimum Gasteiger partial charge on any atom is -0.370 e. The Bertz CT molecular complexity index is 294. The normalized spacial score (nSPS) is 11.4. The number of pyridine rings is 1. The summed E-state index contributed by atoms with van der Waals surface area (Å²) in [4.78, 5) is 10.1. The molecule has 0 bridgehead atoms. The lowest BCUT2D eigenvalue weighted by molar-refractivity contribution is 0.491. The zero-order chi connectivity index (χ0) is 10.4. The van der Waals surface area contributed by atoms with Gasteiger partial charge < -0.3 is 10.6 Å². The van der Waals surface area contributed by atoms with Gasteiger partial charge in [0.15, 0.2) is 5.96 Å². The SMILES string of the molecule is CCN=C(N)N(C)Cc1cccnc1. The van der Waals surface area contributed by atoms with Crippen molar-refractivity contribution in [1.29, 1.82) is 0 Å². The molecule has 0 radical (unpaired) electrons. The van der Waals surface area contributed by atoms with E-state index in [2.05, 4.69) is 9.98 Å². The summed E-state index contributed by atoms with van der Waals surface area (Å²) in [7, 11) is 1.92. The van der Waals surface area contributed by atoms with Crippen LogP contribution in [0.25, 0.3) is 0 Å². The Kier molecular flexibility index (Phi) is 3.91. The molecule has 0 saturated heterocycles. The van der Waals surface area contributed by atoms with E-state index >= 15 is 0 Å². The van der Waals surface area contributed by atoms with E-state index in [0.717, 1.165) is 12.1 Å². The van der Waals surface area contributed by atoms with Crippen LogP contribution in [-0.2, 0) is 6.54 Å². The van der Waals surface area contributed by atoms with E-state index in [1.165, 1.54) is 0 Å². The number of aliphatic imine (C=N–C) groups is 1. The fourth-order valence-corrected chi connectivity index (χ4v) is 1.13. The van der Waals surface area contributed by atoms with Crippen LogP contribution >= 0.6 is 0 Å². The fraction of sp³-hybridized carbons (Fsp3) is 0.400. The molecule has 1 aromatic rings. The zero-order valence-corrected chi connectivity index (χ0v) is 8.64. The summed E-state index contributed by atoms with van der Waals surface area (Å²) in [5.74, 6) is 0.566. The predicted molar refractivity (Wildman–Crippen MR) is 57.9 cm³/mol. The Labute approximate surface area is 84.5 Å². The summed E-state index contributed by atoms with van der Waals surface area (Å²) in [5.41, 5.74) is 6.86. The smallest absolute Gasteiger partial charge is 0.191 e. The second kappa shape index (κ2) is 5.21. The maximum Gasteiger partial charge on any atom is 0.191 e. The van der Waals surface area contributed by atoms with Gasteiger partial charge in [-0.1, -0.05) is 6.07 Å². The molecule has 1 aromatic heterocycles. The molecule has 0 atom stereocenters. The highest BCUT2D eigenvalue weighted by Gasteiger charge is 2.01. The first-order valence-electron chi connectivity index (χ1n) is 4.64. The van der Waals surface area contributed by atoms with Crippen molar-refractivity contribution in [3.05, 3.63) is 30.1 Å². The van der Waals surface area contributed by atoms with Gasteiger partial charge in [0, 0.05) is 32.5 Å². The van der Waals surface area contributed by atoms with Crippen molar-refractivity contribution in [1.82, 2.24) is 9.88 Å². The number of nitrogens with two attached hydrogens (primary N) is 1. The van der Waals surface area contributed by atoms with Gasteiger partial charge in [-0.3, -0.25) is 9.98 Å². The third-order valence-electron chi connectivity index (χ3n) is 1.85. The van der Waals surface area contributed by atoms with Crippen molar-refractivity contribution in [2.24, 2.45) is 10.7 Å². The molecular weight excluding hydrogens is 176 g/mol. The van der Waals surface area contributed by atoms with Crippen LogP contribution in [0.4, 0.5) is 0 Å². The Morgan fingerprint density at radius 2 is 2.43 bits per heavy atom. The van der Waals surface area contributed by atoms with E-state index in [1.807, 2.05) is 37.2 Å². The molecular formula is C10H16N4. The van der Waals surface area contributed by atoms with Crippen LogP contribution in [0.3, 0.4) is 0 Å². The van der Waals surface area contributed by atoms with Crippen LogP contribution in [0.1, 0.15) is 12.5 Å². The molecule has 0 fully saturated rings. The maximum absolute atomic E-state index is 5.73. The molecule has 0 aliphatic carbocycles. The number of hydrogen-bond acceptors (Lipinski definition) is 2. The Morgan fingerprint density at radius 3 is 3.00 bits per heavy atom. The number of guanidine groups is 1. The van der Waals surface area contributed by atoms with Crippen LogP contribution in [0.5, 0.6) is 0 Å². The first kappa shape index (κ1) is 10.5. The molecule has 0 amide bonds. The highest BCUT2D eigenvalue weighted by molar-refractivity contribution is 5.77. The molecule has 14 heavy (non-hydrogen) atoms. The zero-order valence-electron chi connectivity index (χ0n) is 8.64. The van der Waals surface area contributed by atoms with Crippen LogP contribution in [-0.4, -0.2) is 29.4 Å². The van der Waals surface area contributed by atoms with Crippen LogP contribution in [0, 0.1) is 0 Å². The lowest BCUT2D eigenvalue weighted by Crippen LogP contribution is -2.33. The molecule has 1 heterocycles. The molecule has 0 spiro atoms. The lowest BCUT2D eigenvalue weighted by Gasteiger charge is -2.17. The Morgan fingerprint density at radius 1 is 1.64 bits per heavy atom. The minimum atomic E-state index is 0.566. The van der Waals surface area contributed by atoms with Crippen molar-refractivity contribution in [3.8, 4) is 0 Å². The number of nitrogens with zero attached hydrogens (tertiary/aromatic N) is 3. The average molecular weight is 192 g/mol. The van der Waals surface area contributed by atoms with Crippen LogP contribution in [0.2, 0.25) is 0 Å². The standard InChI is InChI=1S/C10H16N4/c1-3-13-10(11)14(2)8-9-5-4-6-12-7-9/h4-7H,3,8H2,1-2H3,(H2,11,13). The minimum absolute atomic E-state index is 0.566. The number of aromatic nitrogens is 1. The summed E-state index contributed by atoms with van der Waals surface area (Å²) in [5, 5.41) is 0. The first-order valence-corrected chi connectivity index (χ1v) is 4.64. The Balaban J connectivity index is 2.57. The third kappa shape index (κ3) is 3.05. The molecule has 2 N–H and O–H groups in total. The molecule has 0 aliphatic rings. The van der Waals surface area contributed by atoms with Crippen molar-refractivity contribution >= 4 is 5.96 Å². The van der Waals surface area contributed by atoms with Gasteiger partial charge in [0.05, 0.1) is 0 Å². The van der Waals surface area contributed by atoms with E-state index in [9.17, 15) is 0 Å². The van der Waals surface area contributed by atoms with E-state index < -0.39 is 0 Å². The van der Waals surface area contributed by atoms with E-state index in [4.69, 9.17) is 5.73 Å².